The molecule has 0 amide bonds. The second kappa shape index (κ2) is 14.6. The summed E-state index contributed by atoms with van der Waals surface area (Å²) in [6, 6.07) is 19.6. The van der Waals surface area contributed by atoms with Gasteiger partial charge in [-0.15, -0.1) is 5.73 Å². The Morgan fingerprint density at radius 3 is 2.60 bits per heavy atom. The molecule has 4 heteroatoms. The van der Waals surface area contributed by atoms with Gasteiger partial charge >= 0.3 is 0 Å². The summed E-state index contributed by atoms with van der Waals surface area (Å²) in [4.78, 5) is 12.0. The lowest BCUT2D eigenvalue weighted by atomic mass is 9.81. The Hall–Kier alpha value is -3.72. The molecule has 4 nitrogen and oxygen atoms in total. The number of hydrogen-bond donors (Lipinski definition) is 0. The van der Waals surface area contributed by atoms with Crippen LogP contribution in [0.2, 0.25) is 0 Å². The van der Waals surface area contributed by atoms with Crippen molar-refractivity contribution in [2.75, 3.05) is 33.8 Å². The van der Waals surface area contributed by atoms with Gasteiger partial charge in [0.05, 0.1) is 5.71 Å². The van der Waals surface area contributed by atoms with Crippen molar-refractivity contribution < 1.29 is 4.74 Å². The lowest BCUT2D eigenvalue weighted by Gasteiger charge is -2.24. The van der Waals surface area contributed by atoms with E-state index < -0.39 is 0 Å². The SMILES string of the molecule is C=C=C(C[C@H](c1ccccn1)C1CCCC1)c1ccc(C)c(C(=NC)c2ccc3c(c2)/C(C)=C\CCCN(C)CCO3)c1. The largest absolute Gasteiger partial charge is 0.492 e. The third kappa shape index (κ3) is 7.44. The smallest absolute Gasteiger partial charge is 0.126 e. The quantitative estimate of drug-likeness (QED) is 0.209. The van der Waals surface area contributed by atoms with Gasteiger partial charge in [0.15, 0.2) is 0 Å². The maximum Gasteiger partial charge on any atom is 0.126 e. The van der Waals surface area contributed by atoms with Gasteiger partial charge < -0.3 is 9.64 Å². The minimum Gasteiger partial charge on any atom is -0.492 e. The molecule has 0 bridgehead atoms. The molecule has 43 heavy (non-hydrogen) atoms. The molecule has 0 N–H and O–H groups in total. The third-order valence-electron chi connectivity index (χ3n) is 9.34. The molecule has 0 spiro atoms. The van der Waals surface area contributed by atoms with Crippen LogP contribution in [-0.4, -0.2) is 49.4 Å². The molecule has 1 aliphatic carbocycles. The number of fused-ring (bicyclic) bond motifs is 1. The van der Waals surface area contributed by atoms with Crippen LogP contribution in [0.1, 0.15) is 91.3 Å². The summed E-state index contributed by atoms with van der Waals surface area (Å²) < 4.78 is 6.29. The van der Waals surface area contributed by atoms with E-state index in [-0.39, 0.29) is 0 Å². The summed E-state index contributed by atoms with van der Waals surface area (Å²) >= 11 is 0. The first-order valence-corrected chi connectivity index (χ1v) is 16.0. The van der Waals surface area contributed by atoms with Gasteiger partial charge in [0, 0.05) is 53.7 Å². The molecule has 0 radical (unpaired) electrons. The topological polar surface area (TPSA) is 37.7 Å². The zero-order valence-corrected chi connectivity index (χ0v) is 26.5. The van der Waals surface area contributed by atoms with Crippen molar-refractivity contribution >= 4 is 16.9 Å². The molecule has 2 aliphatic rings. The molecule has 1 saturated carbocycles. The third-order valence-corrected chi connectivity index (χ3v) is 9.34. The first-order chi connectivity index (χ1) is 21.0. The van der Waals surface area contributed by atoms with Gasteiger partial charge in [-0.2, -0.15) is 0 Å². The standard InChI is InChI=1S/C39H47N3O/c1-6-30(25-36(31-14-7-8-15-31)37-16-9-11-21-41-37)32-18-17-29(3)35(26-32)39(40-4)33-19-20-38-34(27-33)28(2)13-10-12-22-42(5)23-24-43-38/h9,11,13,16-21,26-27,31,36H,1,7-8,10,12,14-15,22-25H2,2-5H3/b28-13-,40-39?/t36-/m0/s1. The lowest BCUT2D eigenvalue weighted by Crippen LogP contribution is -2.25. The van der Waals surface area contributed by atoms with Crippen LogP contribution >= 0.6 is 0 Å². The van der Waals surface area contributed by atoms with Crippen molar-refractivity contribution in [2.24, 2.45) is 10.9 Å². The minimum absolute atomic E-state index is 0.373. The van der Waals surface area contributed by atoms with Crippen LogP contribution in [0.4, 0.5) is 0 Å². The Morgan fingerprint density at radius 1 is 1.05 bits per heavy atom. The van der Waals surface area contributed by atoms with Gasteiger partial charge in [-0.05, 0) is 119 Å². The average molecular weight is 574 g/mol. The predicted molar refractivity (Wildman–Crippen MR) is 181 cm³/mol. The van der Waals surface area contributed by atoms with Crippen molar-refractivity contribution in [3.8, 4) is 5.75 Å². The van der Waals surface area contributed by atoms with Crippen molar-refractivity contribution in [3.63, 3.8) is 0 Å². The van der Waals surface area contributed by atoms with Crippen molar-refractivity contribution in [1.82, 2.24) is 9.88 Å². The summed E-state index contributed by atoms with van der Waals surface area (Å²) in [6.07, 6.45) is 12.5. The van der Waals surface area contributed by atoms with Crippen LogP contribution in [0.5, 0.6) is 5.75 Å². The number of benzene rings is 2. The predicted octanol–water partition coefficient (Wildman–Crippen LogP) is 8.90. The molecule has 224 valence electrons. The number of nitrogens with zero attached hydrogens (tertiary/aromatic N) is 3. The molecule has 2 aromatic carbocycles. The highest BCUT2D eigenvalue weighted by atomic mass is 16.5. The molecular formula is C39H47N3O. The van der Waals surface area contributed by atoms with Crippen molar-refractivity contribution in [2.45, 2.75) is 64.7 Å². The number of aryl methyl sites for hydroxylation is 1. The van der Waals surface area contributed by atoms with Crippen LogP contribution in [0.25, 0.3) is 11.1 Å². The van der Waals surface area contributed by atoms with Crippen LogP contribution in [-0.2, 0) is 0 Å². The number of aliphatic imine (C=N–C) groups is 1. The highest BCUT2D eigenvalue weighted by Crippen LogP contribution is 2.42. The molecule has 5 rings (SSSR count). The van der Waals surface area contributed by atoms with Crippen LogP contribution in [0, 0.1) is 12.8 Å². The van der Waals surface area contributed by atoms with E-state index in [2.05, 4.69) is 92.7 Å². The maximum atomic E-state index is 6.29. The second-order valence-electron chi connectivity index (χ2n) is 12.3. The Kier molecular flexibility index (Phi) is 10.5. The summed E-state index contributed by atoms with van der Waals surface area (Å²) in [7, 11) is 4.07. The fourth-order valence-corrected chi connectivity index (χ4v) is 6.77. The maximum absolute atomic E-state index is 6.29. The number of aromatic nitrogens is 1. The number of ether oxygens (including phenoxy) is 1. The van der Waals surface area contributed by atoms with E-state index in [1.165, 1.54) is 42.5 Å². The number of rotatable bonds is 7. The number of allylic oxidation sites excluding steroid dienone is 3. The monoisotopic (exact) mass is 573 g/mol. The average Bonchev–Trinajstić information content (AvgIpc) is 3.56. The molecule has 1 fully saturated rings. The van der Waals surface area contributed by atoms with Crippen molar-refractivity contribution in [1.29, 1.82) is 0 Å². The van der Waals surface area contributed by atoms with Crippen molar-refractivity contribution in [3.05, 3.63) is 113 Å². The molecule has 2 heterocycles. The lowest BCUT2D eigenvalue weighted by molar-refractivity contribution is 0.236. The Labute approximate surface area is 258 Å². The fraction of sp³-hybridized carbons (Fsp3) is 0.410. The highest BCUT2D eigenvalue weighted by molar-refractivity contribution is 6.14. The van der Waals surface area contributed by atoms with E-state index in [0.717, 1.165) is 71.6 Å². The van der Waals surface area contributed by atoms with Crippen LogP contribution < -0.4 is 4.74 Å². The molecule has 0 saturated heterocycles. The summed E-state index contributed by atoms with van der Waals surface area (Å²) in [5, 5.41) is 0. The molecule has 1 atom stereocenters. The summed E-state index contributed by atoms with van der Waals surface area (Å²) in [5.41, 5.74) is 13.7. The Balaban J connectivity index is 1.47. The van der Waals surface area contributed by atoms with E-state index in [0.29, 0.717) is 18.4 Å². The Bertz CT molecular complexity index is 1510. The van der Waals surface area contributed by atoms with E-state index in [9.17, 15) is 0 Å². The van der Waals surface area contributed by atoms with Crippen LogP contribution in [0.15, 0.2) is 84.2 Å². The van der Waals surface area contributed by atoms with E-state index in [1.54, 1.807) is 0 Å². The second-order valence-corrected chi connectivity index (χ2v) is 12.3. The molecule has 1 aliphatic heterocycles. The summed E-state index contributed by atoms with van der Waals surface area (Å²) in [5.74, 6) is 1.97. The van der Waals surface area contributed by atoms with Crippen LogP contribution in [0.3, 0.4) is 0 Å². The minimum atomic E-state index is 0.373. The number of likely N-dealkylation sites (N-methyl/N-ethyl adjacent to an activating group) is 1. The zero-order chi connectivity index (χ0) is 30.2. The van der Waals surface area contributed by atoms with Gasteiger partial charge in [-0.1, -0.05) is 43.7 Å². The number of hydrogen-bond acceptors (Lipinski definition) is 4. The van der Waals surface area contributed by atoms with E-state index >= 15 is 0 Å². The van der Waals surface area contributed by atoms with Gasteiger partial charge in [0.2, 0.25) is 0 Å². The number of pyridine rings is 1. The van der Waals surface area contributed by atoms with Gasteiger partial charge in [-0.3, -0.25) is 9.98 Å². The molecule has 1 aromatic heterocycles. The summed E-state index contributed by atoms with van der Waals surface area (Å²) in [6.45, 7) is 11.2. The van der Waals surface area contributed by atoms with Gasteiger partial charge in [0.1, 0.15) is 12.4 Å². The molecule has 3 aromatic rings. The van der Waals surface area contributed by atoms with E-state index in [4.69, 9.17) is 14.7 Å². The normalized spacial score (nSPS) is 18.9. The fourth-order valence-electron chi connectivity index (χ4n) is 6.77. The zero-order valence-electron chi connectivity index (χ0n) is 26.5. The molecule has 0 unspecified atom stereocenters. The first kappa shape index (κ1) is 30.7. The Morgan fingerprint density at radius 2 is 1.86 bits per heavy atom. The first-order valence-electron chi connectivity index (χ1n) is 16.0. The highest BCUT2D eigenvalue weighted by Gasteiger charge is 2.28. The van der Waals surface area contributed by atoms with E-state index in [1.807, 2.05) is 19.3 Å². The van der Waals surface area contributed by atoms with Gasteiger partial charge in [0.25, 0.3) is 0 Å². The van der Waals surface area contributed by atoms with Gasteiger partial charge in [-0.25, -0.2) is 0 Å². The molecular weight excluding hydrogens is 526 g/mol.